The first-order valence-corrected chi connectivity index (χ1v) is 6.59. The Morgan fingerprint density at radius 1 is 1.38 bits per heavy atom. The molecule has 0 amide bonds. The fourth-order valence-electron chi connectivity index (χ4n) is 1.72. The second-order valence-corrected chi connectivity index (χ2v) is 5.55. The van der Waals surface area contributed by atoms with Crippen molar-refractivity contribution in [1.29, 1.82) is 0 Å². The van der Waals surface area contributed by atoms with Gasteiger partial charge in [0.05, 0.1) is 5.60 Å². The average molecular weight is 202 g/mol. The van der Waals surface area contributed by atoms with Gasteiger partial charge in [-0.1, -0.05) is 19.8 Å². The molecule has 1 unspecified atom stereocenters. The second kappa shape index (κ2) is 5.26. The summed E-state index contributed by atoms with van der Waals surface area (Å²) in [6.45, 7) is 3.99. The summed E-state index contributed by atoms with van der Waals surface area (Å²) in [4.78, 5) is 0. The Morgan fingerprint density at radius 2 is 2.00 bits per heavy atom. The monoisotopic (exact) mass is 202 g/mol. The van der Waals surface area contributed by atoms with Crippen molar-refractivity contribution in [3.05, 3.63) is 0 Å². The summed E-state index contributed by atoms with van der Waals surface area (Å²) in [5.74, 6) is 3.11. The Bertz CT molecular complexity index is 139. The Hall–Kier alpha value is 0.310. The summed E-state index contributed by atoms with van der Waals surface area (Å²) >= 11 is 1.93. The number of rotatable bonds is 5. The zero-order valence-electron chi connectivity index (χ0n) is 8.88. The van der Waals surface area contributed by atoms with Crippen LogP contribution < -0.4 is 0 Å². The van der Waals surface area contributed by atoms with Crippen molar-refractivity contribution in [3.8, 4) is 0 Å². The molecule has 1 saturated carbocycles. The highest BCUT2D eigenvalue weighted by Gasteiger charge is 2.20. The highest BCUT2D eigenvalue weighted by Crippen LogP contribution is 2.29. The molecule has 78 valence electrons. The van der Waals surface area contributed by atoms with Crippen molar-refractivity contribution in [1.82, 2.24) is 0 Å². The lowest BCUT2D eigenvalue weighted by Crippen LogP contribution is -2.26. The molecule has 0 heterocycles. The molecule has 0 spiro atoms. The van der Waals surface area contributed by atoms with E-state index in [0.29, 0.717) is 0 Å². The largest absolute Gasteiger partial charge is 0.389 e. The van der Waals surface area contributed by atoms with E-state index in [1.807, 2.05) is 18.7 Å². The Morgan fingerprint density at radius 3 is 2.54 bits per heavy atom. The van der Waals surface area contributed by atoms with Crippen LogP contribution in [0.5, 0.6) is 0 Å². The van der Waals surface area contributed by atoms with Gasteiger partial charge in [-0.3, -0.25) is 0 Å². The zero-order valence-corrected chi connectivity index (χ0v) is 9.70. The van der Waals surface area contributed by atoms with Crippen molar-refractivity contribution in [3.63, 3.8) is 0 Å². The molecule has 0 aromatic rings. The van der Waals surface area contributed by atoms with Crippen LogP contribution in [0.3, 0.4) is 0 Å². The van der Waals surface area contributed by atoms with Gasteiger partial charge in [-0.05, 0) is 37.9 Å². The molecule has 0 saturated heterocycles. The maximum atomic E-state index is 9.78. The number of hydrogen-bond acceptors (Lipinski definition) is 2. The van der Waals surface area contributed by atoms with Crippen LogP contribution in [0.15, 0.2) is 0 Å². The summed E-state index contributed by atoms with van der Waals surface area (Å²) in [7, 11) is 0. The summed E-state index contributed by atoms with van der Waals surface area (Å²) < 4.78 is 0. The minimum absolute atomic E-state index is 0.441. The smallest absolute Gasteiger partial charge is 0.0707 e. The predicted molar refractivity (Wildman–Crippen MR) is 60.2 cm³/mol. The van der Waals surface area contributed by atoms with Crippen LogP contribution in [-0.4, -0.2) is 22.2 Å². The molecule has 0 aromatic heterocycles. The molecule has 1 nitrogen and oxygen atoms in total. The van der Waals surface area contributed by atoms with Gasteiger partial charge in [0.25, 0.3) is 0 Å². The van der Waals surface area contributed by atoms with E-state index in [1.165, 1.54) is 31.4 Å². The lowest BCUT2D eigenvalue weighted by Gasteiger charge is -2.21. The van der Waals surface area contributed by atoms with Gasteiger partial charge >= 0.3 is 0 Å². The third-order valence-electron chi connectivity index (χ3n) is 3.00. The van der Waals surface area contributed by atoms with Crippen molar-refractivity contribution in [2.45, 2.75) is 51.6 Å². The molecule has 13 heavy (non-hydrogen) atoms. The van der Waals surface area contributed by atoms with Gasteiger partial charge in [-0.25, -0.2) is 0 Å². The fourth-order valence-corrected chi connectivity index (χ4v) is 3.15. The first-order valence-electron chi connectivity index (χ1n) is 5.44. The number of hydrogen-bond donors (Lipinski definition) is 1. The maximum Gasteiger partial charge on any atom is 0.0707 e. The molecule has 0 aromatic carbocycles. The van der Waals surface area contributed by atoms with E-state index in [9.17, 15) is 5.11 Å². The standard InChI is InChI=1S/C11H22OS/c1-3-11(2,12)9-13-8-10-6-4-5-7-10/h10,12H,3-9H2,1-2H3. The highest BCUT2D eigenvalue weighted by molar-refractivity contribution is 7.99. The van der Waals surface area contributed by atoms with Crippen LogP contribution in [0.25, 0.3) is 0 Å². The van der Waals surface area contributed by atoms with Crippen LogP contribution >= 0.6 is 11.8 Å². The van der Waals surface area contributed by atoms with E-state index in [2.05, 4.69) is 6.92 Å². The van der Waals surface area contributed by atoms with Crippen LogP contribution in [0.2, 0.25) is 0 Å². The van der Waals surface area contributed by atoms with Gasteiger partial charge in [0.1, 0.15) is 0 Å². The zero-order chi connectivity index (χ0) is 9.73. The first kappa shape index (κ1) is 11.4. The maximum absolute atomic E-state index is 9.78. The minimum Gasteiger partial charge on any atom is -0.389 e. The molecule has 1 aliphatic rings. The average Bonchev–Trinajstić information content (AvgIpc) is 2.57. The molecule has 0 bridgehead atoms. The van der Waals surface area contributed by atoms with Gasteiger partial charge in [-0.15, -0.1) is 0 Å². The number of thioether (sulfide) groups is 1. The molecular weight excluding hydrogens is 180 g/mol. The third-order valence-corrected chi connectivity index (χ3v) is 4.54. The molecule has 1 rings (SSSR count). The highest BCUT2D eigenvalue weighted by atomic mass is 32.2. The van der Waals surface area contributed by atoms with Gasteiger partial charge in [0, 0.05) is 5.75 Å². The van der Waals surface area contributed by atoms with Gasteiger partial charge in [-0.2, -0.15) is 11.8 Å². The predicted octanol–water partition coefficient (Wildman–Crippen LogP) is 3.07. The van der Waals surface area contributed by atoms with E-state index >= 15 is 0 Å². The van der Waals surface area contributed by atoms with E-state index in [4.69, 9.17) is 0 Å². The molecular formula is C11H22OS. The van der Waals surface area contributed by atoms with E-state index in [1.54, 1.807) is 0 Å². The Balaban J connectivity index is 2.06. The minimum atomic E-state index is -0.441. The Kier molecular flexibility index (Phi) is 4.60. The molecule has 1 aliphatic carbocycles. The molecule has 2 heteroatoms. The fraction of sp³-hybridized carbons (Fsp3) is 1.00. The van der Waals surface area contributed by atoms with Gasteiger partial charge < -0.3 is 5.11 Å². The summed E-state index contributed by atoms with van der Waals surface area (Å²) in [6.07, 6.45) is 6.55. The SMILES string of the molecule is CCC(C)(O)CSCC1CCCC1. The molecule has 0 radical (unpaired) electrons. The molecule has 0 aliphatic heterocycles. The lowest BCUT2D eigenvalue weighted by atomic mass is 10.1. The van der Waals surface area contributed by atoms with Crippen LogP contribution in [0, 0.1) is 5.92 Å². The van der Waals surface area contributed by atoms with Crippen molar-refractivity contribution in [2.24, 2.45) is 5.92 Å². The molecule has 1 N–H and O–H groups in total. The van der Waals surface area contributed by atoms with E-state index < -0.39 is 5.60 Å². The third kappa shape index (κ3) is 4.37. The lowest BCUT2D eigenvalue weighted by molar-refractivity contribution is 0.0815. The molecule has 1 fully saturated rings. The normalized spacial score (nSPS) is 23.3. The van der Waals surface area contributed by atoms with Gasteiger partial charge in [0.2, 0.25) is 0 Å². The van der Waals surface area contributed by atoms with Crippen molar-refractivity contribution < 1.29 is 5.11 Å². The van der Waals surface area contributed by atoms with Crippen molar-refractivity contribution >= 4 is 11.8 Å². The second-order valence-electron chi connectivity index (χ2n) is 4.52. The summed E-state index contributed by atoms with van der Waals surface area (Å²) in [5, 5.41) is 9.78. The Labute approximate surface area is 86.3 Å². The van der Waals surface area contributed by atoms with Gasteiger partial charge in [0.15, 0.2) is 0 Å². The van der Waals surface area contributed by atoms with E-state index in [-0.39, 0.29) is 0 Å². The van der Waals surface area contributed by atoms with Crippen LogP contribution in [0.1, 0.15) is 46.0 Å². The summed E-state index contributed by atoms with van der Waals surface area (Å²) in [6, 6.07) is 0. The van der Waals surface area contributed by atoms with E-state index in [0.717, 1.165) is 18.1 Å². The van der Waals surface area contributed by atoms with Crippen LogP contribution in [-0.2, 0) is 0 Å². The summed E-state index contributed by atoms with van der Waals surface area (Å²) in [5.41, 5.74) is -0.441. The van der Waals surface area contributed by atoms with Crippen LogP contribution in [0.4, 0.5) is 0 Å². The molecule has 1 atom stereocenters. The number of aliphatic hydroxyl groups is 1. The van der Waals surface area contributed by atoms with Crippen molar-refractivity contribution in [2.75, 3.05) is 11.5 Å². The topological polar surface area (TPSA) is 20.2 Å². The quantitative estimate of drug-likeness (QED) is 0.739. The first-order chi connectivity index (χ1) is 6.14.